The van der Waals surface area contributed by atoms with Crippen LogP contribution in [0.25, 0.3) is 11.5 Å². The summed E-state index contributed by atoms with van der Waals surface area (Å²) in [4.78, 5) is 26.8. The van der Waals surface area contributed by atoms with E-state index in [4.69, 9.17) is 8.94 Å². The zero-order valence-corrected chi connectivity index (χ0v) is 14.0. The fourth-order valence-electron chi connectivity index (χ4n) is 4.14. The van der Waals surface area contributed by atoms with Gasteiger partial charge in [-0.25, -0.2) is 0 Å². The van der Waals surface area contributed by atoms with E-state index in [1.807, 2.05) is 15.5 Å². The molecule has 0 spiro atoms. The average Bonchev–Trinajstić information content (AvgIpc) is 3.33. The van der Waals surface area contributed by atoms with Crippen LogP contribution in [-0.2, 0) is 6.54 Å². The number of likely N-dealkylation sites (tertiary alicyclic amines) is 1. The molecule has 7 nitrogen and oxygen atoms in total. The summed E-state index contributed by atoms with van der Waals surface area (Å²) in [6.07, 6.45) is 2.55. The Kier molecular flexibility index (Phi) is 3.34. The molecule has 2 atom stereocenters. The lowest BCUT2D eigenvalue weighted by Gasteiger charge is -2.42. The fourth-order valence-corrected chi connectivity index (χ4v) is 4.14. The van der Waals surface area contributed by atoms with Crippen molar-refractivity contribution in [2.75, 3.05) is 13.1 Å². The maximum atomic E-state index is 12.9. The van der Waals surface area contributed by atoms with Crippen LogP contribution in [0.1, 0.15) is 28.5 Å². The Balaban J connectivity index is 1.41. The van der Waals surface area contributed by atoms with Crippen molar-refractivity contribution in [2.24, 2.45) is 5.92 Å². The molecular weight excluding hydrogens is 334 g/mol. The van der Waals surface area contributed by atoms with E-state index in [0.717, 1.165) is 12.1 Å². The summed E-state index contributed by atoms with van der Waals surface area (Å²) in [5.41, 5.74) is 1.33. The van der Waals surface area contributed by atoms with Gasteiger partial charge in [0.05, 0.1) is 6.26 Å². The van der Waals surface area contributed by atoms with Crippen LogP contribution >= 0.6 is 0 Å². The normalized spacial score (nSPS) is 21.5. The number of aromatic nitrogens is 2. The Morgan fingerprint density at radius 1 is 1.12 bits per heavy atom. The van der Waals surface area contributed by atoms with Crippen molar-refractivity contribution in [1.29, 1.82) is 0 Å². The lowest BCUT2D eigenvalue weighted by Crippen LogP contribution is -2.49. The smallest absolute Gasteiger partial charge is 0.276 e. The molecule has 2 aliphatic rings. The predicted molar refractivity (Wildman–Crippen MR) is 91.7 cm³/mol. The van der Waals surface area contributed by atoms with E-state index in [-0.39, 0.29) is 29.0 Å². The second kappa shape index (κ2) is 5.72. The number of pyridine rings is 1. The first-order valence-corrected chi connectivity index (χ1v) is 8.68. The highest BCUT2D eigenvalue weighted by Crippen LogP contribution is 2.35. The van der Waals surface area contributed by atoms with Gasteiger partial charge in [0.1, 0.15) is 0 Å². The van der Waals surface area contributed by atoms with Crippen molar-refractivity contribution in [3.8, 4) is 11.5 Å². The van der Waals surface area contributed by atoms with Crippen molar-refractivity contribution in [3.63, 3.8) is 0 Å². The molecule has 1 amide bonds. The number of carbonyl (C=O) groups is 1. The molecule has 0 N–H and O–H groups in total. The number of rotatable bonds is 2. The number of furan rings is 1. The highest BCUT2D eigenvalue weighted by Gasteiger charge is 2.37. The van der Waals surface area contributed by atoms with Crippen LogP contribution in [0.5, 0.6) is 0 Å². The molecule has 3 aromatic heterocycles. The summed E-state index contributed by atoms with van der Waals surface area (Å²) in [6.45, 7) is 1.87. The van der Waals surface area contributed by atoms with Gasteiger partial charge >= 0.3 is 0 Å². The van der Waals surface area contributed by atoms with Crippen LogP contribution in [0.15, 0.2) is 56.4 Å². The Morgan fingerprint density at radius 3 is 2.88 bits per heavy atom. The minimum absolute atomic E-state index is 0.0385. The van der Waals surface area contributed by atoms with E-state index in [9.17, 15) is 9.59 Å². The zero-order chi connectivity index (χ0) is 17.7. The first kappa shape index (κ1) is 15.2. The molecule has 2 aliphatic heterocycles. The quantitative estimate of drug-likeness (QED) is 0.708. The van der Waals surface area contributed by atoms with Gasteiger partial charge in [-0.2, -0.15) is 0 Å². The van der Waals surface area contributed by atoms with Crippen molar-refractivity contribution in [3.05, 3.63) is 64.4 Å². The molecule has 2 bridgehead atoms. The molecule has 26 heavy (non-hydrogen) atoms. The molecule has 2 unspecified atom stereocenters. The van der Waals surface area contributed by atoms with Crippen molar-refractivity contribution >= 4 is 5.91 Å². The number of nitrogens with zero attached hydrogens (tertiary/aromatic N) is 3. The van der Waals surface area contributed by atoms with Gasteiger partial charge in [-0.05, 0) is 30.5 Å². The fraction of sp³-hybridized carbons (Fsp3) is 0.316. The number of carbonyl (C=O) groups excluding carboxylic acids is 1. The molecule has 5 rings (SSSR count). The highest BCUT2D eigenvalue weighted by atomic mass is 16.5. The van der Waals surface area contributed by atoms with Gasteiger partial charge in [-0.3, -0.25) is 9.59 Å². The SMILES string of the molecule is O=C(c1cc(-c2ccco2)on1)N1CC2CC(C1)c1cccc(=O)n1C2. The molecule has 0 radical (unpaired) electrons. The van der Waals surface area contributed by atoms with Crippen LogP contribution in [0, 0.1) is 5.92 Å². The first-order valence-electron chi connectivity index (χ1n) is 8.68. The van der Waals surface area contributed by atoms with Gasteiger partial charge in [-0.1, -0.05) is 11.2 Å². The topological polar surface area (TPSA) is 81.5 Å². The molecule has 132 valence electrons. The monoisotopic (exact) mass is 351 g/mol. The largest absolute Gasteiger partial charge is 0.461 e. The molecule has 1 fully saturated rings. The molecule has 1 saturated heterocycles. The van der Waals surface area contributed by atoms with Crippen LogP contribution in [0.3, 0.4) is 0 Å². The zero-order valence-electron chi connectivity index (χ0n) is 14.0. The van der Waals surface area contributed by atoms with Crippen LogP contribution in [0.4, 0.5) is 0 Å². The Morgan fingerprint density at radius 2 is 2.04 bits per heavy atom. The summed E-state index contributed by atoms with van der Waals surface area (Å²) in [6, 6.07) is 10.5. The van der Waals surface area contributed by atoms with Crippen molar-refractivity contribution < 1.29 is 13.7 Å². The standard InChI is InChI=1S/C19H17N3O4/c23-18-5-1-3-15-13-7-12(10-22(15)18)9-21(11-13)19(24)14-8-17(26-20-14)16-4-2-6-25-16/h1-6,8,12-13H,7,9-11H2. The van der Waals surface area contributed by atoms with Gasteiger partial charge in [0.15, 0.2) is 11.5 Å². The van der Waals surface area contributed by atoms with Gasteiger partial charge < -0.3 is 18.4 Å². The maximum absolute atomic E-state index is 12.9. The lowest BCUT2D eigenvalue weighted by atomic mass is 9.83. The second-order valence-corrected chi connectivity index (χ2v) is 6.96. The molecule has 0 aliphatic carbocycles. The summed E-state index contributed by atoms with van der Waals surface area (Å²) < 4.78 is 12.4. The van der Waals surface area contributed by atoms with Gasteiger partial charge in [0.25, 0.3) is 11.5 Å². The molecule has 5 heterocycles. The summed E-state index contributed by atoms with van der Waals surface area (Å²) in [7, 11) is 0. The number of fused-ring (bicyclic) bond motifs is 4. The molecule has 0 aromatic carbocycles. The van der Waals surface area contributed by atoms with Crippen molar-refractivity contribution in [2.45, 2.75) is 18.9 Å². The summed E-state index contributed by atoms with van der Waals surface area (Å²) in [5.74, 6) is 1.29. The maximum Gasteiger partial charge on any atom is 0.276 e. The third kappa shape index (κ3) is 2.39. The van der Waals surface area contributed by atoms with E-state index in [1.54, 1.807) is 36.6 Å². The van der Waals surface area contributed by atoms with Crippen LogP contribution in [-0.4, -0.2) is 33.6 Å². The van der Waals surface area contributed by atoms with Gasteiger partial charge in [0, 0.05) is 43.4 Å². The number of amides is 1. The molecule has 3 aromatic rings. The second-order valence-electron chi connectivity index (χ2n) is 6.96. The van der Waals surface area contributed by atoms with Gasteiger partial charge in [0.2, 0.25) is 5.76 Å². The molecule has 0 saturated carbocycles. The Labute approximate surface area is 148 Å². The van der Waals surface area contributed by atoms with E-state index in [2.05, 4.69) is 5.16 Å². The third-order valence-electron chi connectivity index (χ3n) is 5.26. The van der Waals surface area contributed by atoms with Crippen LogP contribution in [0.2, 0.25) is 0 Å². The van der Waals surface area contributed by atoms with E-state index in [0.29, 0.717) is 31.2 Å². The van der Waals surface area contributed by atoms with E-state index < -0.39 is 0 Å². The summed E-state index contributed by atoms with van der Waals surface area (Å²) in [5, 5.41) is 3.92. The number of hydrogen-bond acceptors (Lipinski definition) is 5. The number of hydrogen-bond donors (Lipinski definition) is 0. The van der Waals surface area contributed by atoms with Crippen LogP contribution < -0.4 is 5.56 Å². The minimum Gasteiger partial charge on any atom is -0.461 e. The van der Waals surface area contributed by atoms with E-state index in [1.165, 1.54) is 0 Å². The average molecular weight is 351 g/mol. The van der Waals surface area contributed by atoms with Crippen molar-refractivity contribution in [1.82, 2.24) is 14.6 Å². The third-order valence-corrected chi connectivity index (χ3v) is 5.26. The predicted octanol–water partition coefficient (Wildman–Crippen LogP) is 2.36. The van der Waals surface area contributed by atoms with E-state index >= 15 is 0 Å². The Hall–Kier alpha value is -3.09. The summed E-state index contributed by atoms with van der Waals surface area (Å²) >= 11 is 0. The molecular formula is C19H17N3O4. The minimum atomic E-state index is -0.145. The van der Waals surface area contributed by atoms with Gasteiger partial charge in [-0.15, -0.1) is 0 Å². The Bertz CT molecular complexity index is 1020. The lowest BCUT2D eigenvalue weighted by molar-refractivity contribution is 0.0584. The number of piperidine rings is 1. The molecule has 7 heteroatoms. The first-order chi connectivity index (χ1) is 12.7. The highest BCUT2D eigenvalue weighted by molar-refractivity contribution is 5.93.